The summed E-state index contributed by atoms with van der Waals surface area (Å²) in [6.07, 6.45) is 1.02. The minimum absolute atomic E-state index is 0.00465. The van der Waals surface area contributed by atoms with Gasteiger partial charge in [-0.05, 0) is 58.2 Å². The van der Waals surface area contributed by atoms with E-state index in [4.69, 9.17) is 0 Å². The predicted molar refractivity (Wildman–Crippen MR) is 140 cm³/mol. The highest BCUT2D eigenvalue weighted by Gasteiger charge is 2.54. The number of benzene rings is 2. The average Bonchev–Trinajstić information content (AvgIpc) is 3.10. The Labute approximate surface area is 213 Å². The Morgan fingerprint density at radius 2 is 1.56 bits per heavy atom. The number of urea groups is 1. The maximum atomic E-state index is 13.8. The third kappa shape index (κ3) is 5.48. The molecule has 2 aliphatic heterocycles. The second kappa shape index (κ2) is 10.2. The Morgan fingerprint density at radius 1 is 0.972 bits per heavy atom. The van der Waals surface area contributed by atoms with Crippen LogP contribution in [0.4, 0.5) is 10.5 Å². The van der Waals surface area contributed by atoms with Crippen molar-refractivity contribution in [2.24, 2.45) is 0 Å². The predicted octanol–water partition coefficient (Wildman–Crippen LogP) is 3.51. The van der Waals surface area contributed by atoms with Gasteiger partial charge in [0.15, 0.2) is 0 Å². The highest BCUT2D eigenvalue weighted by atomic mass is 16.2. The Balaban J connectivity index is 1.48. The summed E-state index contributed by atoms with van der Waals surface area (Å²) in [5.74, 6) is -0.239. The normalized spacial score (nSPS) is 18.3. The summed E-state index contributed by atoms with van der Waals surface area (Å²) >= 11 is 0. The van der Waals surface area contributed by atoms with Gasteiger partial charge in [0.05, 0.1) is 12.7 Å². The second-order valence-electron chi connectivity index (χ2n) is 10.8. The molecular formula is C28H37N5O3. The van der Waals surface area contributed by atoms with E-state index < -0.39 is 5.54 Å². The van der Waals surface area contributed by atoms with E-state index in [1.807, 2.05) is 88.4 Å². The van der Waals surface area contributed by atoms with Crippen molar-refractivity contribution in [3.05, 3.63) is 66.2 Å². The van der Waals surface area contributed by atoms with Crippen LogP contribution >= 0.6 is 0 Å². The lowest BCUT2D eigenvalue weighted by Crippen LogP contribution is -2.59. The third-order valence-corrected chi connectivity index (χ3v) is 6.95. The lowest BCUT2D eigenvalue weighted by atomic mass is 9.85. The van der Waals surface area contributed by atoms with Crippen LogP contribution in [0.1, 0.15) is 52.1 Å². The molecule has 0 radical (unpaired) electrons. The fourth-order valence-electron chi connectivity index (χ4n) is 5.09. The van der Waals surface area contributed by atoms with Gasteiger partial charge in [0.25, 0.3) is 5.91 Å². The van der Waals surface area contributed by atoms with Crippen LogP contribution in [0.2, 0.25) is 0 Å². The van der Waals surface area contributed by atoms with Crippen LogP contribution in [-0.4, -0.2) is 65.0 Å². The lowest BCUT2D eigenvalue weighted by molar-refractivity contribution is -0.137. The molecule has 1 unspecified atom stereocenters. The topological polar surface area (TPSA) is 85.0 Å². The standard InChI is InChI=1S/C28H37N5O3/c1-21(22-11-7-5-8-12-22)29-24(34)19-32-20-33(23-13-9-6-10-14-23)28(25(32)35)15-17-31(18-16-28)26(36)30-27(2,3)4/h5-14,21H,15-20H2,1-4H3,(H,29,34)(H,30,36). The second-order valence-corrected chi connectivity index (χ2v) is 10.8. The quantitative estimate of drug-likeness (QED) is 0.670. The number of amides is 4. The summed E-state index contributed by atoms with van der Waals surface area (Å²) in [6.45, 7) is 9.08. The number of hydrogen-bond donors (Lipinski definition) is 2. The number of carbonyl (C=O) groups is 3. The van der Waals surface area contributed by atoms with Crippen molar-refractivity contribution in [2.75, 3.05) is 31.2 Å². The van der Waals surface area contributed by atoms with Crippen molar-refractivity contribution in [3.63, 3.8) is 0 Å². The molecule has 2 aliphatic rings. The molecule has 1 atom stereocenters. The number of hydrogen-bond acceptors (Lipinski definition) is 4. The Kier molecular flexibility index (Phi) is 7.24. The minimum atomic E-state index is -0.773. The molecular weight excluding hydrogens is 454 g/mol. The van der Waals surface area contributed by atoms with Crippen LogP contribution in [0.3, 0.4) is 0 Å². The monoisotopic (exact) mass is 491 g/mol. The molecule has 8 heteroatoms. The minimum Gasteiger partial charge on any atom is -0.348 e. The molecule has 4 rings (SSSR count). The average molecular weight is 492 g/mol. The van der Waals surface area contributed by atoms with Gasteiger partial charge < -0.3 is 25.3 Å². The van der Waals surface area contributed by atoms with E-state index in [0.29, 0.717) is 32.6 Å². The number of para-hydroxylation sites is 1. The number of nitrogens with one attached hydrogen (secondary N) is 2. The zero-order chi connectivity index (χ0) is 25.9. The molecule has 2 N–H and O–H groups in total. The van der Waals surface area contributed by atoms with Gasteiger partial charge in [-0.1, -0.05) is 48.5 Å². The molecule has 4 amide bonds. The summed E-state index contributed by atoms with van der Waals surface area (Å²) < 4.78 is 0. The van der Waals surface area contributed by atoms with Gasteiger partial charge in [0.1, 0.15) is 12.1 Å². The first-order valence-corrected chi connectivity index (χ1v) is 12.6. The number of rotatable bonds is 5. The van der Waals surface area contributed by atoms with E-state index in [-0.39, 0.29) is 36.0 Å². The highest BCUT2D eigenvalue weighted by Crippen LogP contribution is 2.39. The first-order chi connectivity index (χ1) is 17.1. The molecule has 192 valence electrons. The Bertz CT molecular complexity index is 1080. The Morgan fingerprint density at radius 3 is 2.14 bits per heavy atom. The number of piperidine rings is 1. The zero-order valence-corrected chi connectivity index (χ0v) is 21.7. The van der Waals surface area contributed by atoms with E-state index in [0.717, 1.165) is 11.3 Å². The van der Waals surface area contributed by atoms with E-state index in [9.17, 15) is 14.4 Å². The van der Waals surface area contributed by atoms with Gasteiger partial charge in [-0.3, -0.25) is 9.59 Å². The molecule has 2 fully saturated rings. The van der Waals surface area contributed by atoms with E-state index in [2.05, 4.69) is 15.5 Å². The van der Waals surface area contributed by atoms with Gasteiger partial charge in [-0.25, -0.2) is 4.79 Å². The molecule has 1 spiro atoms. The van der Waals surface area contributed by atoms with E-state index in [1.54, 1.807) is 9.80 Å². The molecule has 0 aromatic heterocycles. The van der Waals surface area contributed by atoms with Crippen molar-refractivity contribution >= 4 is 23.5 Å². The van der Waals surface area contributed by atoms with Crippen LogP contribution in [0.15, 0.2) is 60.7 Å². The van der Waals surface area contributed by atoms with Crippen molar-refractivity contribution in [1.82, 2.24) is 20.4 Å². The van der Waals surface area contributed by atoms with Gasteiger partial charge in [-0.15, -0.1) is 0 Å². The van der Waals surface area contributed by atoms with Gasteiger partial charge in [0.2, 0.25) is 5.91 Å². The fraction of sp³-hybridized carbons (Fsp3) is 0.464. The molecule has 2 aromatic carbocycles. The van der Waals surface area contributed by atoms with Crippen molar-refractivity contribution in [3.8, 4) is 0 Å². The highest BCUT2D eigenvalue weighted by molar-refractivity contribution is 5.96. The molecule has 0 saturated carbocycles. The number of carbonyl (C=O) groups excluding carboxylic acids is 3. The van der Waals surface area contributed by atoms with Gasteiger partial charge in [0, 0.05) is 24.3 Å². The van der Waals surface area contributed by atoms with Gasteiger partial charge >= 0.3 is 6.03 Å². The summed E-state index contributed by atoms with van der Waals surface area (Å²) in [5.41, 5.74) is 0.860. The summed E-state index contributed by atoms with van der Waals surface area (Å²) in [7, 11) is 0. The molecule has 0 aliphatic carbocycles. The molecule has 0 bridgehead atoms. The van der Waals surface area contributed by atoms with Crippen LogP contribution in [0.5, 0.6) is 0 Å². The SMILES string of the molecule is CC(NC(=O)CN1CN(c2ccccc2)C2(CCN(C(=O)NC(C)(C)C)CC2)C1=O)c1ccccc1. The van der Waals surface area contributed by atoms with Crippen molar-refractivity contribution in [2.45, 2.75) is 57.7 Å². The van der Waals surface area contributed by atoms with Crippen molar-refractivity contribution < 1.29 is 14.4 Å². The lowest BCUT2D eigenvalue weighted by Gasteiger charge is -2.43. The molecule has 36 heavy (non-hydrogen) atoms. The molecule has 2 aromatic rings. The number of likely N-dealkylation sites (tertiary alicyclic amines) is 1. The third-order valence-electron chi connectivity index (χ3n) is 6.95. The van der Waals surface area contributed by atoms with Crippen LogP contribution in [0, 0.1) is 0 Å². The summed E-state index contributed by atoms with van der Waals surface area (Å²) in [5, 5.41) is 6.03. The van der Waals surface area contributed by atoms with E-state index >= 15 is 0 Å². The first kappa shape index (κ1) is 25.5. The number of anilines is 1. The largest absolute Gasteiger partial charge is 0.348 e. The number of nitrogens with zero attached hydrogens (tertiary/aromatic N) is 3. The van der Waals surface area contributed by atoms with Crippen LogP contribution < -0.4 is 15.5 Å². The fourth-order valence-corrected chi connectivity index (χ4v) is 5.09. The van der Waals surface area contributed by atoms with Crippen LogP contribution in [-0.2, 0) is 9.59 Å². The van der Waals surface area contributed by atoms with E-state index in [1.165, 1.54) is 0 Å². The summed E-state index contributed by atoms with van der Waals surface area (Å²) in [4.78, 5) is 45.1. The van der Waals surface area contributed by atoms with Crippen molar-refractivity contribution in [1.29, 1.82) is 0 Å². The summed E-state index contributed by atoms with van der Waals surface area (Å²) in [6, 6.07) is 19.4. The maximum absolute atomic E-state index is 13.8. The maximum Gasteiger partial charge on any atom is 0.317 e. The Hall–Kier alpha value is -3.55. The zero-order valence-electron chi connectivity index (χ0n) is 21.7. The van der Waals surface area contributed by atoms with Crippen LogP contribution in [0.25, 0.3) is 0 Å². The first-order valence-electron chi connectivity index (χ1n) is 12.6. The molecule has 2 saturated heterocycles. The van der Waals surface area contributed by atoms with Gasteiger partial charge in [-0.2, -0.15) is 0 Å². The smallest absolute Gasteiger partial charge is 0.317 e. The molecule has 8 nitrogen and oxygen atoms in total. The molecule has 2 heterocycles.